The fraction of sp³-hybridized carbons (Fsp3) is 0.387. The Morgan fingerprint density at radius 1 is 0.950 bits per heavy atom. The number of nitrogens with one attached hydrogen (secondary N) is 2. The molecule has 2 N–H and O–H groups in total. The summed E-state index contributed by atoms with van der Waals surface area (Å²) in [4.78, 5) is 41.7. The van der Waals surface area contributed by atoms with Gasteiger partial charge in [0.2, 0.25) is 17.8 Å². The van der Waals surface area contributed by atoms with Crippen LogP contribution in [0, 0.1) is 11.8 Å². The highest BCUT2D eigenvalue weighted by Gasteiger charge is 2.36. The number of carbonyl (C=O) groups excluding carboxylic acids is 2. The van der Waals surface area contributed by atoms with Crippen LogP contribution in [-0.2, 0) is 22.4 Å². The Morgan fingerprint density at radius 2 is 1.80 bits per heavy atom. The van der Waals surface area contributed by atoms with Crippen molar-refractivity contribution < 1.29 is 9.59 Å². The number of anilines is 1. The summed E-state index contributed by atoms with van der Waals surface area (Å²) in [6, 6.07) is 16.7. The number of likely N-dealkylation sites (tertiary alicyclic amines) is 1. The molecule has 0 spiro atoms. The van der Waals surface area contributed by atoms with Crippen LogP contribution in [-0.4, -0.2) is 62.4 Å². The standard InChI is InChI=1S/C31H33N7O2/c1-32-29(39)23-16-25-26(17-23)38(28(35-25)22-11-8-19-5-2-3-6-21(19)15-22)27-12-13-33-31(36-27)34-24-7-4-14-37(18-24)30(40)20-9-10-20/h2-3,5-6,8,11-13,15,20,23-24H,4,7,9-10,14,16-18H2,1H3,(H,32,39)(H,33,34,36)/t23?,24-/m0/s1. The Labute approximate surface area is 233 Å². The molecule has 0 radical (unpaired) electrons. The first-order chi connectivity index (χ1) is 19.6. The largest absolute Gasteiger partial charge is 0.359 e. The number of carbonyl (C=O) groups is 2. The molecule has 2 fully saturated rings. The lowest BCUT2D eigenvalue weighted by Crippen LogP contribution is -2.45. The first-order valence-electron chi connectivity index (χ1n) is 14.3. The van der Waals surface area contributed by atoms with Crippen molar-refractivity contribution in [2.24, 2.45) is 11.8 Å². The Morgan fingerprint density at radius 3 is 2.62 bits per heavy atom. The smallest absolute Gasteiger partial charge is 0.225 e. The Kier molecular flexibility index (Phi) is 6.21. The number of rotatable bonds is 6. The van der Waals surface area contributed by atoms with E-state index < -0.39 is 0 Å². The second-order valence-corrected chi connectivity index (χ2v) is 11.2. The third kappa shape index (κ3) is 4.59. The summed E-state index contributed by atoms with van der Waals surface area (Å²) >= 11 is 0. The first kappa shape index (κ1) is 24.7. The molecule has 4 aromatic rings. The van der Waals surface area contributed by atoms with E-state index in [1.807, 2.05) is 23.1 Å². The molecular formula is C31H33N7O2. The van der Waals surface area contributed by atoms with Crippen LogP contribution in [0.15, 0.2) is 54.7 Å². The monoisotopic (exact) mass is 535 g/mol. The zero-order valence-electron chi connectivity index (χ0n) is 22.6. The van der Waals surface area contributed by atoms with E-state index in [0.717, 1.165) is 60.4 Å². The number of benzene rings is 2. The summed E-state index contributed by atoms with van der Waals surface area (Å²) < 4.78 is 2.10. The third-order valence-electron chi connectivity index (χ3n) is 8.42. The summed E-state index contributed by atoms with van der Waals surface area (Å²) in [5.41, 5.74) is 2.95. The summed E-state index contributed by atoms with van der Waals surface area (Å²) in [5.74, 6) is 2.48. The van der Waals surface area contributed by atoms with Gasteiger partial charge in [0.1, 0.15) is 11.6 Å². The van der Waals surface area contributed by atoms with Crippen LogP contribution >= 0.6 is 0 Å². The molecule has 9 heteroatoms. The van der Waals surface area contributed by atoms with Gasteiger partial charge in [0.05, 0.1) is 5.69 Å². The quantitative estimate of drug-likeness (QED) is 0.390. The van der Waals surface area contributed by atoms with Gasteiger partial charge in [-0.15, -0.1) is 0 Å². The van der Waals surface area contributed by atoms with Crippen molar-refractivity contribution in [2.45, 2.75) is 44.6 Å². The van der Waals surface area contributed by atoms with E-state index >= 15 is 0 Å². The number of amides is 2. The maximum atomic E-state index is 12.7. The van der Waals surface area contributed by atoms with Crippen LogP contribution in [0.3, 0.4) is 0 Å². The van der Waals surface area contributed by atoms with Crippen LogP contribution in [0.5, 0.6) is 0 Å². The van der Waals surface area contributed by atoms with Crippen LogP contribution in [0.25, 0.3) is 28.0 Å². The van der Waals surface area contributed by atoms with E-state index in [-0.39, 0.29) is 23.8 Å². The highest BCUT2D eigenvalue weighted by Crippen LogP contribution is 2.35. The van der Waals surface area contributed by atoms with Gasteiger partial charge >= 0.3 is 0 Å². The molecule has 2 aromatic carbocycles. The highest BCUT2D eigenvalue weighted by molar-refractivity contribution is 5.87. The molecule has 3 aliphatic rings. The van der Waals surface area contributed by atoms with Crippen molar-refractivity contribution in [3.63, 3.8) is 0 Å². The van der Waals surface area contributed by atoms with E-state index in [2.05, 4.69) is 50.5 Å². The van der Waals surface area contributed by atoms with E-state index in [1.165, 1.54) is 5.39 Å². The Hall–Kier alpha value is -4.27. The van der Waals surface area contributed by atoms with Crippen molar-refractivity contribution in [3.8, 4) is 17.2 Å². The molecule has 0 bridgehead atoms. The van der Waals surface area contributed by atoms with Gasteiger partial charge in [-0.3, -0.25) is 14.2 Å². The predicted octanol–water partition coefficient (Wildman–Crippen LogP) is 3.76. The molecule has 2 aromatic heterocycles. The number of piperidine rings is 1. The third-order valence-corrected chi connectivity index (χ3v) is 8.42. The first-order valence-corrected chi connectivity index (χ1v) is 14.3. The molecule has 9 nitrogen and oxygen atoms in total. The molecule has 204 valence electrons. The number of aromatic nitrogens is 4. The van der Waals surface area contributed by atoms with Gasteiger partial charge in [-0.2, -0.15) is 4.98 Å². The van der Waals surface area contributed by atoms with Gasteiger partial charge in [-0.05, 0) is 48.6 Å². The molecule has 2 aliphatic carbocycles. The summed E-state index contributed by atoms with van der Waals surface area (Å²) in [6.45, 7) is 1.51. The number of imidazole rings is 1. The minimum Gasteiger partial charge on any atom is -0.359 e. The number of fused-ring (bicyclic) bond motifs is 2. The molecule has 7 rings (SSSR count). The molecule has 1 aliphatic heterocycles. The van der Waals surface area contributed by atoms with Crippen molar-refractivity contribution in [2.75, 3.05) is 25.5 Å². The van der Waals surface area contributed by atoms with Gasteiger partial charge in [0.15, 0.2) is 0 Å². The predicted molar refractivity (Wildman–Crippen MR) is 153 cm³/mol. The van der Waals surface area contributed by atoms with E-state index in [9.17, 15) is 9.59 Å². The second-order valence-electron chi connectivity index (χ2n) is 11.2. The Bertz CT molecular complexity index is 1610. The SMILES string of the molecule is CNC(=O)C1Cc2nc(-c3ccc4ccccc4c3)n(-c3ccnc(N[C@H]4CCCN(C(=O)C5CC5)C4)n3)c2C1. The Balaban J connectivity index is 1.23. The van der Waals surface area contributed by atoms with E-state index in [4.69, 9.17) is 9.97 Å². The van der Waals surface area contributed by atoms with Crippen LogP contribution in [0.4, 0.5) is 5.95 Å². The zero-order valence-corrected chi connectivity index (χ0v) is 22.6. The fourth-order valence-electron chi connectivity index (χ4n) is 6.18. The minimum absolute atomic E-state index is 0.0319. The van der Waals surface area contributed by atoms with Crippen LogP contribution < -0.4 is 10.6 Å². The average molecular weight is 536 g/mol. The molecule has 3 heterocycles. The molecule has 2 atom stereocenters. The van der Waals surface area contributed by atoms with Crippen LogP contribution in [0.2, 0.25) is 0 Å². The maximum Gasteiger partial charge on any atom is 0.225 e. The molecule has 2 amide bonds. The summed E-state index contributed by atoms with van der Waals surface area (Å²) in [6.07, 6.45) is 6.95. The van der Waals surface area contributed by atoms with Gasteiger partial charge in [0, 0.05) is 68.3 Å². The minimum atomic E-state index is -0.143. The summed E-state index contributed by atoms with van der Waals surface area (Å²) in [5, 5.41) is 8.61. The molecule has 40 heavy (non-hydrogen) atoms. The van der Waals surface area contributed by atoms with E-state index in [1.54, 1.807) is 13.2 Å². The molecule has 1 saturated heterocycles. The van der Waals surface area contributed by atoms with Crippen molar-refractivity contribution in [1.82, 2.24) is 29.7 Å². The van der Waals surface area contributed by atoms with Crippen molar-refractivity contribution >= 4 is 28.5 Å². The van der Waals surface area contributed by atoms with Gasteiger partial charge < -0.3 is 15.5 Å². The topological polar surface area (TPSA) is 105 Å². The van der Waals surface area contributed by atoms with E-state index in [0.29, 0.717) is 37.1 Å². The maximum absolute atomic E-state index is 12.7. The number of hydrogen-bond acceptors (Lipinski definition) is 6. The second kappa shape index (κ2) is 10.0. The molecule has 1 unspecified atom stereocenters. The lowest BCUT2D eigenvalue weighted by atomic mass is 10.1. The average Bonchev–Trinajstić information content (AvgIpc) is 3.66. The van der Waals surface area contributed by atoms with Gasteiger partial charge in [-0.1, -0.05) is 36.4 Å². The number of nitrogens with zero attached hydrogens (tertiary/aromatic N) is 5. The number of hydrogen-bond donors (Lipinski definition) is 2. The van der Waals surface area contributed by atoms with Crippen molar-refractivity contribution in [3.05, 3.63) is 66.1 Å². The van der Waals surface area contributed by atoms with Crippen molar-refractivity contribution in [1.29, 1.82) is 0 Å². The summed E-state index contributed by atoms with van der Waals surface area (Å²) in [7, 11) is 1.68. The normalized spacial score (nSPS) is 20.4. The lowest BCUT2D eigenvalue weighted by Gasteiger charge is -2.33. The highest BCUT2D eigenvalue weighted by atomic mass is 16.2. The van der Waals surface area contributed by atoms with Crippen LogP contribution in [0.1, 0.15) is 37.1 Å². The molecular weight excluding hydrogens is 502 g/mol. The van der Waals surface area contributed by atoms with Gasteiger partial charge in [0.25, 0.3) is 0 Å². The van der Waals surface area contributed by atoms with Gasteiger partial charge in [-0.25, -0.2) is 9.97 Å². The fourth-order valence-corrected chi connectivity index (χ4v) is 6.18. The lowest BCUT2D eigenvalue weighted by molar-refractivity contribution is -0.133. The zero-order chi connectivity index (χ0) is 27.2. The molecule has 1 saturated carbocycles.